The van der Waals surface area contributed by atoms with Crippen LogP contribution in [0.25, 0.3) is 0 Å². The quantitative estimate of drug-likeness (QED) is 0.0453. The predicted molar refractivity (Wildman–Crippen MR) is 287 cm³/mol. The molecular formula is C62H120N+. The third-order valence-corrected chi connectivity index (χ3v) is 14.8. The summed E-state index contributed by atoms with van der Waals surface area (Å²) in [5, 5.41) is 0. The third kappa shape index (κ3) is 44.7. The molecule has 63 heavy (non-hydrogen) atoms. The van der Waals surface area contributed by atoms with E-state index < -0.39 is 0 Å². The maximum Gasteiger partial charge on any atom is 0.172 e. The molecule has 0 aliphatic heterocycles. The molecule has 0 saturated carbocycles. The van der Waals surface area contributed by atoms with E-state index in [1.807, 2.05) is 0 Å². The Morgan fingerprint density at radius 3 is 0.698 bits per heavy atom. The zero-order valence-electron chi connectivity index (χ0n) is 44.4. The van der Waals surface area contributed by atoms with Crippen molar-refractivity contribution in [2.75, 3.05) is 0 Å². The highest BCUT2D eigenvalue weighted by Crippen LogP contribution is 2.20. The summed E-state index contributed by atoms with van der Waals surface area (Å²) >= 11 is 0. The van der Waals surface area contributed by atoms with E-state index in [-0.39, 0.29) is 0 Å². The first-order chi connectivity index (χ1) is 31.3. The minimum atomic E-state index is 1.21. The van der Waals surface area contributed by atoms with Crippen LogP contribution < -0.4 is 4.57 Å². The van der Waals surface area contributed by atoms with E-state index >= 15 is 0 Å². The minimum Gasteiger partial charge on any atom is -0.205 e. The van der Waals surface area contributed by atoms with Crippen molar-refractivity contribution in [3.63, 3.8) is 0 Å². The summed E-state index contributed by atoms with van der Waals surface area (Å²) in [5.41, 5.74) is 3.35. The number of rotatable bonds is 54. The largest absolute Gasteiger partial charge is 0.205 e. The van der Waals surface area contributed by atoms with Crippen LogP contribution in [0.4, 0.5) is 0 Å². The van der Waals surface area contributed by atoms with E-state index in [2.05, 4.69) is 43.8 Å². The maximum atomic E-state index is 2.59. The molecular weight excluding hydrogens is 759 g/mol. The van der Waals surface area contributed by atoms with Crippen molar-refractivity contribution >= 4 is 0 Å². The summed E-state index contributed by atoms with van der Waals surface area (Å²) in [6, 6.07) is 2.53. The molecule has 0 unspecified atom stereocenters. The molecule has 1 aromatic rings. The monoisotopic (exact) mass is 879 g/mol. The lowest BCUT2D eigenvalue weighted by molar-refractivity contribution is -0.697. The number of hydrogen-bond acceptors (Lipinski definition) is 0. The van der Waals surface area contributed by atoms with Crippen molar-refractivity contribution in [3.8, 4) is 0 Å². The number of aryl methyl sites for hydroxylation is 3. The zero-order valence-corrected chi connectivity index (χ0v) is 44.4. The summed E-state index contributed by atoms with van der Waals surface area (Å²) in [5.74, 6) is 0. The molecule has 0 fully saturated rings. The highest BCUT2D eigenvalue weighted by Gasteiger charge is 2.10. The molecule has 0 amide bonds. The lowest BCUT2D eigenvalue weighted by Crippen LogP contribution is -2.34. The van der Waals surface area contributed by atoms with Crippen molar-refractivity contribution in [2.24, 2.45) is 0 Å². The fourth-order valence-electron chi connectivity index (χ4n) is 10.3. The maximum absolute atomic E-state index is 2.59. The number of nitrogens with zero attached hydrogens (tertiary/aromatic N) is 1. The highest BCUT2D eigenvalue weighted by atomic mass is 14.9. The van der Waals surface area contributed by atoms with Crippen LogP contribution in [0.1, 0.15) is 359 Å². The van der Waals surface area contributed by atoms with E-state index in [9.17, 15) is 0 Å². The standard InChI is InChI=1S/C62H120N/c1-4-7-10-13-16-19-22-25-28-31-34-37-40-43-46-49-52-55-61-57-59-63(58-54-51-48-45-42-39-36-33-30-27-24-21-18-15-12-9-6-3)60-62(61)56-53-50-47-44-41-38-35-32-29-26-23-20-17-14-11-8-5-2/h57,59-60H,4-56,58H2,1-3H3/q+1. The highest BCUT2D eigenvalue weighted by molar-refractivity contribution is 5.21. The second kappa shape index (κ2) is 52.1. The van der Waals surface area contributed by atoms with Crippen molar-refractivity contribution in [1.82, 2.24) is 0 Å². The van der Waals surface area contributed by atoms with Gasteiger partial charge in [-0.2, -0.15) is 0 Å². The fourth-order valence-corrected chi connectivity index (χ4v) is 10.3. The van der Waals surface area contributed by atoms with E-state index in [0.29, 0.717) is 0 Å². The van der Waals surface area contributed by atoms with Crippen LogP contribution in [0, 0.1) is 0 Å². The van der Waals surface area contributed by atoms with Gasteiger partial charge in [-0.1, -0.05) is 323 Å². The molecule has 0 bridgehead atoms. The predicted octanol–water partition coefficient (Wildman–Crippen LogP) is 22.0. The first-order valence-corrected chi connectivity index (χ1v) is 30.3. The van der Waals surface area contributed by atoms with Gasteiger partial charge in [0.25, 0.3) is 0 Å². The molecule has 0 aliphatic carbocycles. The van der Waals surface area contributed by atoms with Gasteiger partial charge in [0.2, 0.25) is 0 Å². The average molecular weight is 880 g/mol. The van der Waals surface area contributed by atoms with Crippen LogP contribution in [0.5, 0.6) is 0 Å². The van der Waals surface area contributed by atoms with E-state index in [0.717, 1.165) is 0 Å². The molecule has 372 valence electrons. The number of unbranched alkanes of at least 4 members (excludes halogenated alkanes) is 48. The van der Waals surface area contributed by atoms with Gasteiger partial charge in [0.05, 0.1) is 0 Å². The molecule has 0 radical (unpaired) electrons. The smallest absolute Gasteiger partial charge is 0.172 e. The van der Waals surface area contributed by atoms with Crippen molar-refractivity contribution in [2.45, 2.75) is 368 Å². The molecule has 1 rings (SSSR count). The van der Waals surface area contributed by atoms with Crippen LogP contribution >= 0.6 is 0 Å². The first-order valence-electron chi connectivity index (χ1n) is 30.3. The molecule has 0 aliphatic rings. The molecule has 0 atom stereocenters. The second-order valence-corrected chi connectivity index (χ2v) is 21.2. The van der Waals surface area contributed by atoms with Gasteiger partial charge in [0, 0.05) is 18.1 Å². The van der Waals surface area contributed by atoms with E-state index in [1.54, 1.807) is 11.1 Å². The zero-order chi connectivity index (χ0) is 45.0. The summed E-state index contributed by atoms with van der Waals surface area (Å²) in [7, 11) is 0. The summed E-state index contributed by atoms with van der Waals surface area (Å²) < 4.78 is 2.56. The Kier molecular flexibility index (Phi) is 49.8. The van der Waals surface area contributed by atoms with Gasteiger partial charge >= 0.3 is 0 Å². The Balaban J connectivity index is 2.25. The van der Waals surface area contributed by atoms with Gasteiger partial charge in [-0.15, -0.1) is 0 Å². The first kappa shape index (κ1) is 60.2. The van der Waals surface area contributed by atoms with Crippen LogP contribution in [0.3, 0.4) is 0 Å². The van der Waals surface area contributed by atoms with Crippen molar-refractivity contribution in [3.05, 3.63) is 29.6 Å². The van der Waals surface area contributed by atoms with E-state index in [4.69, 9.17) is 0 Å². The van der Waals surface area contributed by atoms with Crippen LogP contribution in [-0.2, 0) is 19.4 Å². The van der Waals surface area contributed by atoms with E-state index in [1.165, 1.54) is 347 Å². The Labute approximate surface area is 400 Å². The van der Waals surface area contributed by atoms with Gasteiger partial charge in [0.1, 0.15) is 6.54 Å². The number of aromatic nitrogens is 1. The Morgan fingerprint density at radius 1 is 0.238 bits per heavy atom. The van der Waals surface area contributed by atoms with Gasteiger partial charge in [-0.3, -0.25) is 0 Å². The minimum absolute atomic E-state index is 1.21. The molecule has 0 saturated heterocycles. The number of hydrogen-bond donors (Lipinski definition) is 0. The van der Waals surface area contributed by atoms with Gasteiger partial charge in [-0.25, -0.2) is 4.57 Å². The SMILES string of the molecule is CCCCCCCCCCCCCCCCCCCc1cc[n+](CCCCCCCCCCCCCCCCCCC)cc1CCCCCCCCCCCCCCCCCCC. The molecule has 0 spiro atoms. The number of pyridine rings is 1. The summed E-state index contributed by atoms with van der Waals surface area (Å²) in [6.07, 6.45) is 81.7. The Morgan fingerprint density at radius 2 is 0.444 bits per heavy atom. The normalized spacial score (nSPS) is 11.7. The lowest BCUT2D eigenvalue weighted by Gasteiger charge is -2.10. The van der Waals surface area contributed by atoms with Gasteiger partial charge in [-0.05, 0) is 37.7 Å². The van der Waals surface area contributed by atoms with Crippen LogP contribution in [-0.4, -0.2) is 0 Å². The topological polar surface area (TPSA) is 3.88 Å². The van der Waals surface area contributed by atoms with Crippen molar-refractivity contribution < 1.29 is 4.57 Å². The second-order valence-electron chi connectivity index (χ2n) is 21.2. The van der Waals surface area contributed by atoms with Crippen molar-refractivity contribution in [1.29, 1.82) is 0 Å². The summed E-state index contributed by atoms with van der Waals surface area (Å²) in [6.45, 7) is 8.17. The van der Waals surface area contributed by atoms with Gasteiger partial charge in [0.15, 0.2) is 12.4 Å². The molecule has 1 heterocycles. The lowest BCUT2D eigenvalue weighted by atomic mass is 9.97. The molecule has 1 nitrogen and oxygen atoms in total. The molecule has 0 aromatic carbocycles. The van der Waals surface area contributed by atoms with Gasteiger partial charge < -0.3 is 0 Å². The Hall–Kier alpha value is -0.850. The Bertz CT molecular complexity index is 982. The van der Waals surface area contributed by atoms with Crippen LogP contribution in [0.2, 0.25) is 0 Å². The molecule has 1 aromatic heterocycles. The third-order valence-electron chi connectivity index (χ3n) is 14.8. The van der Waals surface area contributed by atoms with Crippen LogP contribution in [0.15, 0.2) is 18.5 Å². The average Bonchev–Trinajstić information content (AvgIpc) is 3.30. The molecule has 1 heteroatoms. The fraction of sp³-hybridized carbons (Fsp3) is 0.919. The molecule has 0 N–H and O–H groups in total. The summed E-state index contributed by atoms with van der Waals surface area (Å²) in [4.78, 5) is 0.